The summed E-state index contributed by atoms with van der Waals surface area (Å²) in [4.78, 5) is 0. The van der Waals surface area contributed by atoms with Crippen molar-refractivity contribution in [3.05, 3.63) is 53.6 Å². The van der Waals surface area contributed by atoms with Crippen molar-refractivity contribution in [1.82, 2.24) is 0 Å². The van der Waals surface area contributed by atoms with Crippen molar-refractivity contribution in [2.45, 2.75) is 13.8 Å². The van der Waals surface area contributed by atoms with Crippen LogP contribution in [0, 0.1) is 13.8 Å². The number of aryl methyl sites for hydroxylation is 2. The highest BCUT2D eigenvalue weighted by Gasteiger charge is 2.02. The number of aliphatic hydroxyl groups excluding tert-OH is 1. The Bertz CT molecular complexity index is 515. The van der Waals surface area contributed by atoms with Gasteiger partial charge in [0, 0.05) is 0 Å². The highest BCUT2D eigenvalue weighted by Crippen LogP contribution is 2.26. The molecular weight excluding hydrogens is 224 g/mol. The third-order valence-corrected chi connectivity index (χ3v) is 2.91. The molecule has 1 N–H and O–H groups in total. The molecule has 0 radical (unpaired) electrons. The Morgan fingerprint density at radius 1 is 1.00 bits per heavy atom. The van der Waals surface area contributed by atoms with E-state index in [-0.39, 0.29) is 6.61 Å². The van der Waals surface area contributed by atoms with Crippen LogP contribution in [0.3, 0.4) is 0 Å². The van der Waals surface area contributed by atoms with Gasteiger partial charge in [-0.25, -0.2) is 0 Å². The molecule has 2 rings (SSSR count). The average molecular weight is 242 g/mol. The molecule has 0 fully saturated rings. The zero-order chi connectivity index (χ0) is 13.0. The Morgan fingerprint density at radius 2 is 1.72 bits per heavy atom. The van der Waals surface area contributed by atoms with E-state index >= 15 is 0 Å². The van der Waals surface area contributed by atoms with E-state index in [1.54, 1.807) is 0 Å². The minimum atomic E-state index is 0.0405. The Balaban J connectivity index is 2.23. The maximum atomic E-state index is 8.70. The second kappa shape index (κ2) is 5.69. The van der Waals surface area contributed by atoms with E-state index in [0.29, 0.717) is 6.61 Å². The van der Waals surface area contributed by atoms with Crippen LogP contribution in [0.15, 0.2) is 42.5 Å². The first-order valence-corrected chi connectivity index (χ1v) is 6.12. The fourth-order valence-electron chi connectivity index (χ4n) is 2.03. The lowest BCUT2D eigenvalue weighted by atomic mass is 9.99. The summed E-state index contributed by atoms with van der Waals surface area (Å²) in [6, 6.07) is 14.4. The summed E-state index contributed by atoms with van der Waals surface area (Å²) >= 11 is 0. The smallest absolute Gasteiger partial charge is 0.119 e. The van der Waals surface area contributed by atoms with Crippen molar-refractivity contribution < 1.29 is 9.84 Å². The van der Waals surface area contributed by atoms with Crippen LogP contribution in [0.4, 0.5) is 0 Å². The van der Waals surface area contributed by atoms with Crippen LogP contribution in [-0.2, 0) is 0 Å². The maximum Gasteiger partial charge on any atom is 0.119 e. The number of ether oxygens (including phenoxy) is 1. The average Bonchev–Trinajstić information content (AvgIpc) is 2.37. The van der Waals surface area contributed by atoms with E-state index in [0.717, 1.165) is 5.75 Å². The first-order valence-electron chi connectivity index (χ1n) is 6.12. The van der Waals surface area contributed by atoms with Gasteiger partial charge in [0.05, 0.1) is 6.61 Å². The molecule has 94 valence electrons. The lowest BCUT2D eigenvalue weighted by Gasteiger charge is -2.09. The second-order valence-electron chi connectivity index (χ2n) is 4.41. The van der Waals surface area contributed by atoms with E-state index in [9.17, 15) is 0 Å². The topological polar surface area (TPSA) is 29.5 Å². The largest absolute Gasteiger partial charge is 0.491 e. The van der Waals surface area contributed by atoms with Gasteiger partial charge in [0.1, 0.15) is 12.4 Å². The molecule has 0 aliphatic heterocycles. The van der Waals surface area contributed by atoms with Gasteiger partial charge in [-0.2, -0.15) is 0 Å². The predicted molar refractivity (Wildman–Crippen MR) is 73.9 cm³/mol. The standard InChI is InChI=1S/C16H18O2/c1-12-3-8-16(13(2)11-12)14-4-6-15(7-5-14)18-10-9-17/h3-8,11,17H,9-10H2,1-2H3. The molecule has 0 saturated carbocycles. The van der Waals surface area contributed by atoms with Crippen molar-refractivity contribution in [1.29, 1.82) is 0 Å². The summed E-state index contributed by atoms with van der Waals surface area (Å²) in [5.74, 6) is 0.789. The first-order chi connectivity index (χ1) is 8.70. The number of aliphatic hydroxyl groups is 1. The van der Waals surface area contributed by atoms with Crippen molar-refractivity contribution in [3.63, 3.8) is 0 Å². The molecule has 0 heterocycles. The predicted octanol–water partition coefficient (Wildman–Crippen LogP) is 3.34. The van der Waals surface area contributed by atoms with Crippen molar-refractivity contribution in [2.75, 3.05) is 13.2 Å². The lowest BCUT2D eigenvalue weighted by molar-refractivity contribution is 0.201. The van der Waals surface area contributed by atoms with Crippen LogP contribution in [0.1, 0.15) is 11.1 Å². The van der Waals surface area contributed by atoms with E-state index in [1.165, 1.54) is 22.3 Å². The minimum Gasteiger partial charge on any atom is -0.491 e. The van der Waals surface area contributed by atoms with Gasteiger partial charge in [-0.3, -0.25) is 0 Å². The van der Waals surface area contributed by atoms with Gasteiger partial charge < -0.3 is 9.84 Å². The monoisotopic (exact) mass is 242 g/mol. The third kappa shape index (κ3) is 2.90. The molecule has 2 aromatic carbocycles. The van der Waals surface area contributed by atoms with E-state index < -0.39 is 0 Å². The summed E-state index contributed by atoms with van der Waals surface area (Å²) in [5, 5.41) is 8.70. The van der Waals surface area contributed by atoms with Crippen molar-refractivity contribution in [3.8, 4) is 16.9 Å². The highest BCUT2D eigenvalue weighted by atomic mass is 16.5. The van der Waals surface area contributed by atoms with Crippen LogP contribution in [0.25, 0.3) is 11.1 Å². The molecule has 0 aliphatic rings. The van der Waals surface area contributed by atoms with Crippen LogP contribution in [-0.4, -0.2) is 18.3 Å². The number of hydrogen-bond acceptors (Lipinski definition) is 2. The third-order valence-electron chi connectivity index (χ3n) is 2.91. The van der Waals surface area contributed by atoms with E-state index in [1.807, 2.05) is 24.3 Å². The van der Waals surface area contributed by atoms with E-state index in [2.05, 4.69) is 32.0 Å². The summed E-state index contributed by atoms with van der Waals surface area (Å²) in [5.41, 5.74) is 4.98. The summed E-state index contributed by atoms with van der Waals surface area (Å²) in [7, 11) is 0. The zero-order valence-corrected chi connectivity index (χ0v) is 10.8. The van der Waals surface area contributed by atoms with Gasteiger partial charge >= 0.3 is 0 Å². The normalized spacial score (nSPS) is 10.4. The second-order valence-corrected chi connectivity index (χ2v) is 4.41. The van der Waals surface area contributed by atoms with Gasteiger partial charge in [-0.05, 0) is 42.7 Å². The van der Waals surface area contributed by atoms with Crippen LogP contribution >= 0.6 is 0 Å². The van der Waals surface area contributed by atoms with Crippen LogP contribution in [0.5, 0.6) is 5.75 Å². The van der Waals surface area contributed by atoms with Gasteiger partial charge in [0.2, 0.25) is 0 Å². The summed E-state index contributed by atoms with van der Waals surface area (Å²) in [6.45, 7) is 4.60. The first kappa shape index (κ1) is 12.7. The fourth-order valence-corrected chi connectivity index (χ4v) is 2.03. The molecule has 2 aromatic rings. The van der Waals surface area contributed by atoms with Gasteiger partial charge in [-0.1, -0.05) is 35.9 Å². The van der Waals surface area contributed by atoms with Gasteiger partial charge in [0.25, 0.3) is 0 Å². The Labute approximate surface area is 108 Å². The van der Waals surface area contributed by atoms with Gasteiger partial charge in [0.15, 0.2) is 0 Å². The molecule has 0 spiro atoms. The Hall–Kier alpha value is -1.80. The zero-order valence-electron chi connectivity index (χ0n) is 10.8. The number of rotatable bonds is 4. The molecule has 0 aliphatic carbocycles. The SMILES string of the molecule is Cc1ccc(-c2ccc(OCCO)cc2)c(C)c1. The molecule has 0 saturated heterocycles. The number of hydrogen-bond donors (Lipinski definition) is 1. The van der Waals surface area contributed by atoms with E-state index in [4.69, 9.17) is 9.84 Å². The molecule has 0 unspecified atom stereocenters. The highest BCUT2D eigenvalue weighted by molar-refractivity contribution is 5.68. The molecule has 2 nitrogen and oxygen atoms in total. The summed E-state index contributed by atoms with van der Waals surface area (Å²) < 4.78 is 5.35. The molecular formula is C16H18O2. The molecule has 2 heteroatoms. The maximum absolute atomic E-state index is 8.70. The molecule has 0 bridgehead atoms. The Morgan fingerprint density at radius 3 is 2.33 bits per heavy atom. The lowest BCUT2D eigenvalue weighted by Crippen LogP contribution is -2.01. The van der Waals surface area contributed by atoms with Crippen molar-refractivity contribution >= 4 is 0 Å². The summed E-state index contributed by atoms with van der Waals surface area (Å²) in [6.07, 6.45) is 0. The van der Waals surface area contributed by atoms with Crippen molar-refractivity contribution in [2.24, 2.45) is 0 Å². The van der Waals surface area contributed by atoms with Gasteiger partial charge in [-0.15, -0.1) is 0 Å². The molecule has 18 heavy (non-hydrogen) atoms. The Kier molecular flexibility index (Phi) is 4.00. The number of benzene rings is 2. The quantitative estimate of drug-likeness (QED) is 0.891. The molecule has 0 atom stereocenters. The molecule has 0 aromatic heterocycles. The van der Waals surface area contributed by atoms with Crippen LogP contribution < -0.4 is 4.74 Å². The van der Waals surface area contributed by atoms with Crippen LogP contribution in [0.2, 0.25) is 0 Å². The minimum absolute atomic E-state index is 0.0405. The fraction of sp³-hybridized carbons (Fsp3) is 0.250. The molecule has 0 amide bonds.